The quantitative estimate of drug-likeness (QED) is 0.212. The molecule has 0 aliphatic heterocycles. The molecule has 0 aliphatic carbocycles. The fourth-order valence-electron chi connectivity index (χ4n) is 3.90. The molecule has 9 heteroatoms. The first-order valence-corrected chi connectivity index (χ1v) is 13.3. The lowest BCUT2D eigenvalue weighted by Gasteiger charge is -2.14. The van der Waals surface area contributed by atoms with E-state index in [2.05, 4.69) is 18.8 Å². The summed E-state index contributed by atoms with van der Waals surface area (Å²) in [6.45, 7) is 9.37. The molecule has 0 aromatic carbocycles. The predicted molar refractivity (Wildman–Crippen MR) is 134 cm³/mol. The van der Waals surface area contributed by atoms with Crippen LogP contribution in [-0.4, -0.2) is 36.5 Å². The van der Waals surface area contributed by atoms with Crippen LogP contribution in [0.25, 0.3) is 11.2 Å². The molecule has 1 unspecified atom stereocenters. The molecule has 186 valence electrons. The normalized spacial score (nSPS) is 12.4. The Morgan fingerprint density at radius 1 is 0.939 bits per heavy atom. The summed E-state index contributed by atoms with van der Waals surface area (Å²) in [4.78, 5) is 43.5. The van der Waals surface area contributed by atoms with Gasteiger partial charge in [-0.3, -0.25) is 18.7 Å². The van der Waals surface area contributed by atoms with Crippen LogP contribution < -0.4 is 11.2 Å². The third-order valence-electron chi connectivity index (χ3n) is 5.84. The maximum Gasteiger partial charge on any atom is 0.332 e. The van der Waals surface area contributed by atoms with E-state index in [4.69, 9.17) is 4.74 Å². The number of nitrogens with zero attached hydrogens (tertiary/aromatic N) is 4. The molecule has 2 aromatic heterocycles. The highest BCUT2D eigenvalue weighted by Gasteiger charge is 2.26. The zero-order valence-corrected chi connectivity index (χ0v) is 21.7. The minimum atomic E-state index is -0.413. The van der Waals surface area contributed by atoms with Crippen LogP contribution >= 0.6 is 11.8 Å². The van der Waals surface area contributed by atoms with Crippen molar-refractivity contribution in [2.75, 3.05) is 6.61 Å². The van der Waals surface area contributed by atoms with Gasteiger partial charge < -0.3 is 9.30 Å². The van der Waals surface area contributed by atoms with Crippen molar-refractivity contribution in [3.05, 3.63) is 20.8 Å². The number of ether oxygens (including phenoxy) is 1. The Labute approximate surface area is 200 Å². The standard InChI is InChI=1S/C24H40N4O4S/c1-6-10-12-14-16-27-19-20(25-23(27)33-18(8-3)22(30)32-9-4)26(5)24(31)28(21(19)29)17-15-13-11-7-2/h18H,6-17H2,1-5H3. The number of aryl methyl sites for hydroxylation is 2. The summed E-state index contributed by atoms with van der Waals surface area (Å²) < 4.78 is 9.96. The number of fused-ring (bicyclic) bond motifs is 1. The maximum absolute atomic E-state index is 13.5. The number of unbranched alkanes of at least 4 members (excludes halogenated alkanes) is 6. The Kier molecular flexibility index (Phi) is 11.2. The summed E-state index contributed by atoms with van der Waals surface area (Å²) in [6, 6.07) is 0. The van der Waals surface area contributed by atoms with Crippen LogP contribution in [0, 0.1) is 0 Å². The monoisotopic (exact) mass is 480 g/mol. The third kappa shape index (κ3) is 6.74. The number of thioether (sulfide) groups is 1. The fraction of sp³-hybridized carbons (Fsp3) is 0.750. The Bertz CT molecular complexity index is 1020. The molecule has 0 fully saturated rings. The first-order chi connectivity index (χ1) is 15.9. The van der Waals surface area contributed by atoms with Gasteiger partial charge in [0.25, 0.3) is 5.56 Å². The van der Waals surface area contributed by atoms with E-state index >= 15 is 0 Å². The second kappa shape index (κ2) is 13.6. The number of carbonyl (C=O) groups is 1. The van der Waals surface area contributed by atoms with Gasteiger partial charge >= 0.3 is 11.7 Å². The van der Waals surface area contributed by atoms with Crippen LogP contribution in [0.1, 0.15) is 85.5 Å². The van der Waals surface area contributed by atoms with Gasteiger partial charge in [-0.25, -0.2) is 9.78 Å². The number of imidazole rings is 1. The minimum Gasteiger partial charge on any atom is -0.465 e. The number of aromatic nitrogens is 4. The highest BCUT2D eigenvalue weighted by molar-refractivity contribution is 8.00. The van der Waals surface area contributed by atoms with Crippen LogP contribution in [-0.2, 0) is 29.7 Å². The SMILES string of the molecule is CCCCCCn1c(=O)c2c(nc(SC(CC)C(=O)OCC)n2CCCCCC)n(C)c1=O. The first kappa shape index (κ1) is 27.2. The van der Waals surface area contributed by atoms with Gasteiger partial charge in [0, 0.05) is 20.1 Å². The van der Waals surface area contributed by atoms with E-state index in [0.717, 1.165) is 51.4 Å². The molecular formula is C24H40N4O4S. The average Bonchev–Trinajstić information content (AvgIpc) is 3.16. The van der Waals surface area contributed by atoms with E-state index in [1.807, 2.05) is 11.5 Å². The van der Waals surface area contributed by atoms with Crippen molar-refractivity contribution in [1.29, 1.82) is 0 Å². The zero-order chi connectivity index (χ0) is 24.4. The van der Waals surface area contributed by atoms with E-state index < -0.39 is 5.25 Å². The molecule has 0 radical (unpaired) electrons. The van der Waals surface area contributed by atoms with Crippen LogP contribution in [0.15, 0.2) is 14.7 Å². The van der Waals surface area contributed by atoms with Gasteiger partial charge in [0.05, 0.1) is 6.61 Å². The average molecular weight is 481 g/mol. The van der Waals surface area contributed by atoms with Gasteiger partial charge in [0.15, 0.2) is 16.3 Å². The largest absolute Gasteiger partial charge is 0.465 e. The van der Waals surface area contributed by atoms with Gasteiger partial charge in [-0.05, 0) is 26.2 Å². The van der Waals surface area contributed by atoms with Crippen molar-refractivity contribution in [3.63, 3.8) is 0 Å². The molecule has 33 heavy (non-hydrogen) atoms. The Balaban J connectivity index is 2.54. The molecular weight excluding hydrogens is 440 g/mol. The lowest BCUT2D eigenvalue weighted by Crippen LogP contribution is -2.39. The van der Waals surface area contributed by atoms with Crippen LogP contribution in [0.3, 0.4) is 0 Å². The highest BCUT2D eigenvalue weighted by atomic mass is 32.2. The molecule has 0 spiro atoms. The van der Waals surface area contributed by atoms with Gasteiger partial charge in [-0.2, -0.15) is 0 Å². The molecule has 1 atom stereocenters. The first-order valence-electron chi connectivity index (χ1n) is 12.4. The number of hydrogen-bond acceptors (Lipinski definition) is 6. The van der Waals surface area contributed by atoms with E-state index in [1.54, 1.807) is 14.0 Å². The highest BCUT2D eigenvalue weighted by Crippen LogP contribution is 2.28. The van der Waals surface area contributed by atoms with E-state index in [1.165, 1.54) is 20.9 Å². The van der Waals surface area contributed by atoms with Crippen molar-refractivity contribution in [3.8, 4) is 0 Å². The molecule has 0 aliphatic rings. The number of rotatable bonds is 15. The van der Waals surface area contributed by atoms with E-state index in [9.17, 15) is 14.4 Å². The molecule has 2 rings (SSSR count). The minimum absolute atomic E-state index is 0.281. The van der Waals surface area contributed by atoms with Crippen LogP contribution in [0.4, 0.5) is 0 Å². The van der Waals surface area contributed by atoms with Crippen molar-refractivity contribution in [1.82, 2.24) is 18.7 Å². The molecule has 2 aromatic rings. The molecule has 8 nitrogen and oxygen atoms in total. The molecule has 2 heterocycles. The number of hydrogen-bond donors (Lipinski definition) is 0. The summed E-state index contributed by atoms with van der Waals surface area (Å²) in [5, 5.41) is 0.182. The molecule has 0 bridgehead atoms. The van der Waals surface area contributed by atoms with Gasteiger partial charge in [0.1, 0.15) is 5.25 Å². The number of esters is 1. The lowest BCUT2D eigenvalue weighted by atomic mass is 10.2. The van der Waals surface area contributed by atoms with Crippen molar-refractivity contribution in [2.24, 2.45) is 7.05 Å². The summed E-state index contributed by atoms with van der Waals surface area (Å²) in [5.41, 5.74) is 0.203. The second-order valence-electron chi connectivity index (χ2n) is 8.40. The maximum atomic E-state index is 13.5. The smallest absolute Gasteiger partial charge is 0.332 e. The molecule has 0 saturated heterocycles. The van der Waals surface area contributed by atoms with Crippen LogP contribution in [0.2, 0.25) is 0 Å². The van der Waals surface area contributed by atoms with E-state index in [-0.39, 0.29) is 17.2 Å². The zero-order valence-electron chi connectivity index (χ0n) is 20.9. The third-order valence-corrected chi connectivity index (χ3v) is 7.17. The summed E-state index contributed by atoms with van der Waals surface area (Å²) in [7, 11) is 1.66. The molecule has 0 amide bonds. The predicted octanol–water partition coefficient (Wildman–Crippen LogP) is 4.49. The van der Waals surface area contributed by atoms with Crippen molar-refractivity contribution < 1.29 is 9.53 Å². The molecule has 0 saturated carbocycles. The van der Waals surface area contributed by atoms with Crippen LogP contribution in [0.5, 0.6) is 0 Å². The van der Waals surface area contributed by atoms with Crippen molar-refractivity contribution >= 4 is 28.9 Å². The van der Waals surface area contributed by atoms with Gasteiger partial charge in [-0.1, -0.05) is 71.1 Å². The van der Waals surface area contributed by atoms with Crippen molar-refractivity contribution in [2.45, 2.75) is 109 Å². The Hall–Kier alpha value is -2.03. The van der Waals surface area contributed by atoms with Gasteiger partial charge in [0.2, 0.25) is 0 Å². The summed E-state index contributed by atoms with van der Waals surface area (Å²) in [5.74, 6) is -0.281. The topological polar surface area (TPSA) is 88.1 Å². The summed E-state index contributed by atoms with van der Waals surface area (Å²) >= 11 is 1.32. The Morgan fingerprint density at radius 2 is 1.55 bits per heavy atom. The number of carbonyl (C=O) groups excluding carboxylic acids is 1. The van der Waals surface area contributed by atoms with Gasteiger partial charge in [-0.15, -0.1) is 0 Å². The lowest BCUT2D eigenvalue weighted by molar-refractivity contribution is -0.142. The molecule has 0 N–H and O–H groups in total. The van der Waals surface area contributed by atoms with E-state index in [0.29, 0.717) is 42.4 Å². The fourth-order valence-corrected chi connectivity index (χ4v) is 4.93. The Morgan fingerprint density at radius 3 is 2.09 bits per heavy atom. The summed E-state index contributed by atoms with van der Waals surface area (Å²) in [6.07, 6.45) is 8.73. The second-order valence-corrected chi connectivity index (χ2v) is 9.57.